The van der Waals surface area contributed by atoms with Crippen LogP contribution in [0.1, 0.15) is 105 Å². The lowest BCUT2D eigenvalue weighted by molar-refractivity contribution is -0.154. The summed E-state index contributed by atoms with van der Waals surface area (Å²) in [4.78, 5) is 28.5. The average molecular weight is 367 g/mol. The quantitative estimate of drug-likeness (QED) is 0.557. The Morgan fingerprint density at radius 3 is 1.81 bits per heavy atom. The van der Waals surface area contributed by atoms with Gasteiger partial charge < -0.3 is 5.73 Å². The number of unbranched alkanes of at least 4 members (excludes halogenated alkanes) is 2. The molecule has 0 aromatic heterocycles. The standard InChI is InChI=1S/C22H42N2O2/c1-5-9-12-17(7-3)21(25)24(20-15-11-14-19(23)16-20)22(26)18(8-4)13-10-6-2/h17-20H,5-16,23H2,1-4H3. The van der Waals surface area contributed by atoms with Crippen LogP contribution < -0.4 is 5.73 Å². The van der Waals surface area contributed by atoms with Gasteiger partial charge in [0.05, 0.1) is 0 Å². The van der Waals surface area contributed by atoms with Crippen molar-refractivity contribution in [1.29, 1.82) is 0 Å². The van der Waals surface area contributed by atoms with Crippen LogP contribution in [0.5, 0.6) is 0 Å². The largest absolute Gasteiger partial charge is 0.328 e. The van der Waals surface area contributed by atoms with E-state index in [0.29, 0.717) is 0 Å². The molecule has 0 saturated heterocycles. The third-order valence-electron chi connectivity index (χ3n) is 6.02. The van der Waals surface area contributed by atoms with E-state index in [1.54, 1.807) is 4.90 Å². The van der Waals surface area contributed by atoms with Gasteiger partial charge in [-0.2, -0.15) is 0 Å². The molecule has 0 bridgehead atoms. The zero-order chi connectivity index (χ0) is 19.5. The van der Waals surface area contributed by atoms with Crippen molar-refractivity contribution >= 4 is 11.8 Å². The molecule has 0 radical (unpaired) electrons. The Labute approximate surface area is 161 Å². The van der Waals surface area contributed by atoms with Crippen LogP contribution in [0.25, 0.3) is 0 Å². The Kier molecular flexibility index (Phi) is 11.1. The molecular formula is C22H42N2O2. The Morgan fingerprint density at radius 2 is 1.42 bits per heavy atom. The maximum absolute atomic E-state index is 13.4. The summed E-state index contributed by atoms with van der Waals surface area (Å²) in [5, 5.41) is 0. The summed E-state index contributed by atoms with van der Waals surface area (Å²) in [5.41, 5.74) is 6.19. The van der Waals surface area contributed by atoms with Crippen molar-refractivity contribution < 1.29 is 9.59 Å². The molecule has 1 aliphatic carbocycles. The first kappa shape index (κ1) is 23.1. The topological polar surface area (TPSA) is 63.4 Å². The Morgan fingerprint density at radius 1 is 0.923 bits per heavy atom. The molecule has 4 atom stereocenters. The summed E-state index contributed by atoms with van der Waals surface area (Å²) >= 11 is 0. The number of rotatable bonds is 11. The van der Waals surface area contributed by atoms with Crippen molar-refractivity contribution in [3.05, 3.63) is 0 Å². The van der Waals surface area contributed by atoms with Gasteiger partial charge >= 0.3 is 0 Å². The molecule has 0 aromatic carbocycles. The van der Waals surface area contributed by atoms with Crippen LogP contribution in [0.3, 0.4) is 0 Å². The number of hydrogen-bond acceptors (Lipinski definition) is 3. The van der Waals surface area contributed by atoms with Crippen LogP contribution in [-0.4, -0.2) is 28.8 Å². The molecule has 0 heterocycles. The number of hydrogen-bond donors (Lipinski definition) is 1. The average Bonchev–Trinajstić information content (AvgIpc) is 2.63. The molecule has 1 saturated carbocycles. The van der Waals surface area contributed by atoms with Crippen molar-refractivity contribution in [2.75, 3.05) is 0 Å². The van der Waals surface area contributed by atoms with Crippen LogP contribution in [-0.2, 0) is 9.59 Å². The minimum atomic E-state index is -0.0271. The number of imide groups is 1. The van der Waals surface area contributed by atoms with Gasteiger partial charge in [-0.3, -0.25) is 14.5 Å². The van der Waals surface area contributed by atoms with Crippen LogP contribution >= 0.6 is 0 Å². The van der Waals surface area contributed by atoms with E-state index in [1.165, 1.54) is 0 Å². The lowest BCUT2D eigenvalue weighted by Gasteiger charge is -2.38. The molecule has 0 aromatic rings. The first-order chi connectivity index (χ1) is 12.5. The van der Waals surface area contributed by atoms with E-state index in [1.807, 2.05) is 0 Å². The van der Waals surface area contributed by atoms with Gasteiger partial charge in [0.15, 0.2) is 0 Å². The fourth-order valence-corrected chi connectivity index (χ4v) is 4.20. The molecule has 0 aliphatic heterocycles. The maximum Gasteiger partial charge on any atom is 0.232 e. The monoisotopic (exact) mass is 366 g/mol. The van der Waals surface area contributed by atoms with E-state index < -0.39 is 0 Å². The van der Waals surface area contributed by atoms with Gasteiger partial charge in [-0.05, 0) is 51.4 Å². The van der Waals surface area contributed by atoms with Crippen molar-refractivity contribution in [2.45, 2.75) is 117 Å². The number of nitrogens with zero attached hydrogens (tertiary/aromatic N) is 1. The molecule has 26 heavy (non-hydrogen) atoms. The van der Waals surface area contributed by atoms with Gasteiger partial charge in [-0.1, -0.05) is 53.4 Å². The van der Waals surface area contributed by atoms with Gasteiger partial charge in [0, 0.05) is 23.9 Å². The summed E-state index contributed by atoms with van der Waals surface area (Å²) in [6.45, 7) is 8.44. The van der Waals surface area contributed by atoms with Crippen LogP contribution in [0.2, 0.25) is 0 Å². The molecule has 4 nitrogen and oxygen atoms in total. The normalized spacial score (nSPS) is 22.7. The summed E-state index contributed by atoms with van der Waals surface area (Å²) in [6.07, 6.45) is 11.4. The number of amides is 2. The summed E-state index contributed by atoms with van der Waals surface area (Å²) < 4.78 is 0. The summed E-state index contributed by atoms with van der Waals surface area (Å²) in [5.74, 6) is 0.0847. The van der Waals surface area contributed by atoms with E-state index in [2.05, 4.69) is 27.7 Å². The Hall–Kier alpha value is -0.900. The van der Waals surface area contributed by atoms with Gasteiger partial charge in [0.2, 0.25) is 11.8 Å². The first-order valence-corrected chi connectivity index (χ1v) is 11.1. The Balaban J connectivity index is 3.03. The molecule has 1 aliphatic rings. The lowest BCUT2D eigenvalue weighted by atomic mass is 9.87. The fourth-order valence-electron chi connectivity index (χ4n) is 4.20. The highest BCUT2D eigenvalue weighted by atomic mass is 16.2. The zero-order valence-electron chi connectivity index (χ0n) is 17.6. The second-order valence-corrected chi connectivity index (χ2v) is 8.12. The predicted octanol–water partition coefficient (Wildman–Crippen LogP) is 5.04. The number of nitrogens with two attached hydrogens (primary N) is 1. The van der Waals surface area contributed by atoms with Gasteiger partial charge in [0.1, 0.15) is 0 Å². The van der Waals surface area contributed by atoms with E-state index in [4.69, 9.17) is 5.73 Å². The van der Waals surface area contributed by atoms with Crippen molar-refractivity contribution in [3.63, 3.8) is 0 Å². The number of carbonyl (C=O) groups is 2. The zero-order valence-corrected chi connectivity index (χ0v) is 17.6. The predicted molar refractivity (Wildman–Crippen MR) is 109 cm³/mol. The van der Waals surface area contributed by atoms with Crippen LogP contribution in [0.4, 0.5) is 0 Å². The molecule has 0 spiro atoms. The maximum atomic E-state index is 13.4. The summed E-state index contributed by atoms with van der Waals surface area (Å²) in [6, 6.07) is 0.119. The minimum absolute atomic E-state index is 0.00473. The molecule has 2 N–H and O–H groups in total. The molecule has 4 unspecified atom stereocenters. The highest BCUT2D eigenvalue weighted by Gasteiger charge is 2.37. The molecule has 1 rings (SSSR count). The van der Waals surface area contributed by atoms with Crippen LogP contribution in [0, 0.1) is 11.8 Å². The summed E-state index contributed by atoms with van der Waals surface area (Å²) in [7, 11) is 0. The van der Waals surface area contributed by atoms with Gasteiger partial charge in [-0.25, -0.2) is 0 Å². The minimum Gasteiger partial charge on any atom is -0.328 e. The third kappa shape index (κ3) is 6.68. The Bertz CT molecular complexity index is 396. The van der Waals surface area contributed by atoms with Crippen LogP contribution in [0.15, 0.2) is 0 Å². The third-order valence-corrected chi connectivity index (χ3v) is 6.02. The smallest absolute Gasteiger partial charge is 0.232 e. The van der Waals surface area contributed by atoms with Crippen molar-refractivity contribution in [2.24, 2.45) is 17.6 Å². The first-order valence-electron chi connectivity index (χ1n) is 11.1. The van der Waals surface area contributed by atoms with Crippen molar-refractivity contribution in [1.82, 2.24) is 4.90 Å². The molecule has 1 fully saturated rings. The second-order valence-electron chi connectivity index (χ2n) is 8.12. The molecular weight excluding hydrogens is 324 g/mol. The second kappa shape index (κ2) is 12.5. The SMILES string of the molecule is CCCCC(CC)C(=O)N(C(=O)C(CC)CCCC)C1CCCC(N)C1. The van der Waals surface area contributed by atoms with E-state index in [-0.39, 0.29) is 35.7 Å². The van der Waals surface area contributed by atoms with E-state index in [0.717, 1.165) is 77.0 Å². The highest BCUT2D eigenvalue weighted by molar-refractivity contribution is 5.97. The fraction of sp³-hybridized carbons (Fsp3) is 0.909. The number of carbonyl (C=O) groups excluding carboxylic acids is 2. The molecule has 4 heteroatoms. The highest BCUT2D eigenvalue weighted by Crippen LogP contribution is 2.29. The molecule has 2 amide bonds. The van der Waals surface area contributed by atoms with Gasteiger partial charge in [-0.15, -0.1) is 0 Å². The van der Waals surface area contributed by atoms with E-state index in [9.17, 15) is 9.59 Å². The van der Waals surface area contributed by atoms with Crippen molar-refractivity contribution in [3.8, 4) is 0 Å². The lowest BCUT2D eigenvalue weighted by Crippen LogP contribution is -2.52. The van der Waals surface area contributed by atoms with E-state index >= 15 is 0 Å². The molecule has 152 valence electrons. The van der Waals surface area contributed by atoms with Gasteiger partial charge in [0.25, 0.3) is 0 Å².